The van der Waals surface area contributed by atoms with E-state index in [4.69, 9.17) is 14.0 Å². The molecule has 144 valence electrons. The normalized spacial score (nSPS) is 17.6. The zero-order valence-electron chi connectivity index (χ0n) is 15.4. The van der Waals surface area contributed by atoms with Gasteiger partial charge in [0.05, 0.1) is 25.5 Å². The highest BCUT2D eigenvalue weighted by Gasteiger charge is 2.15. The van der Waals surface area contributed by atoms with Crippen molar-refractivity contribution >= 4 is 29.9 Å². The van der Waals surface area contributed by atoms with Gasteiger partial charge in [-0.25, -0.2) is 0 Å². The molecule has 1 aliphatic heterocycles. The average Bonchev–Trinajstić information content (AvgIpc) is 3.25. The van der Waals surface area contributed by atoms with Crippen molar-refractivity contribution in [3.05, 3.63) is 17.5 Å². The van der Waals surface area contributed by atoms with E-state index in [1.165, 1.54) is 0 Å². The largest absolute Gasteiger partial charge is 0.381 e. The Morgan fingerprint density at radius 3 is 2.92 bits per heavy atom. The molecule has 2 N–H and O–H groups in total. The van der Waals surface area contributed by atoms with E-state index >= 15 is 0 Å². The molecule has 0 aliphatic carbocycles. The first-order valence-corrected chi connectivity index (χ1v) is 8.74. The lowest BCUT2D eigenvalue weighted by Gasteiger charge is -2.11. The van der Waals surface area contributed by atoms with Crippen molar-refractivity contribution in [1.29, 1.82) is 0 Å². The molecule has 2 rings (SSSR count). The number of aromatic nitrogens is 1. The van der Waals surface area contributed by atoms with Gasteiger partial charge in [0.2, 0.25) is 0 Å². The fraction of sp³-hybridized carbons (Fsp3) is 0.765. The summed E-state index contributed by atoms with van der Waals surface area (Å²) in [5.74, 6) is 2.51. The third-order valence-corrected chi connectivity index (χ3v) is 3.96. The van der Waals surface area contributed by atoms with E-state index in [2.05, 4.69) is 34.6 Å². The Kier molecular flexibility index (Phi) is 11.1. The summed E-state index contributed by atoms with van der Waals surface area (Å²) in [6.45, 7) is 8.84. The highest BCUT2D eigenvalue weighted by Crippen LogP contribution is 2.13. The van der Waals surface area contributed by atoms with Gasteiger partial charge in [-0.2, -0.15) is 0 Å². The lowest BCUT2D eigenvalue weighted by atomic mass is 10.1. The molecule has 8 heteroatoms. The SMILES string of the molecule is CN=C(NCCCOCC1CCOC1)NCc1cc(C(C)C)no1.I. The Hall–Kier alpha value is -0.870. The number of hydrogen-bond acceptors (Lipinski definition) is 5. The smallest absolute Gasteiger partial charge is 0.191 e. The van der Waals surface area contributed by atoms with Crippen molar-refractivity contribution in [2.24, 2.45) is 10.9 Å². The van der Waals surface area contributed by atoms with Crippen LogP contribution in [0.1, 0.15) is 44.1 Å². The van der Waals surface area contributed by atoms with E-state index in [9.17, 15) is 0 Å². The third kappa shape index (κ3) is 8.37. The van der Waals surface area contributed by atoms with Crippen LogP contribution in [-0.4, -0.2) is 51.1 Å². The maximum atomic E-state index is 5.68. The monoisotopic (exact) mass is 466 g/mol. The quantitative estimate of drug-likeness (QED) is 0.252. The van der Waals surface area contributed by atoms with Crippen LogP contribution < -0.4 is 10.6 Å². The minimum atomic E-state index is 0. The van der Waals surface area contributed by atoms with Crippen molar-refractivity contribution < 1.29 is 14.0 Å². The van der Waals surface area contributed by atoms with Crippen LogP contribution in [0.2, 0.25) is 0 Å². The molecule has 1 aliphatic rings. The molecule has 1 fully saturated rings. The van der Waals surface area contributed by atoms with E-state index in [0.717, 1.165) is 63.2 Å². The predicted molar refractivity (Wildman–Crippen MR) is 109 cm³/mol. The maximum Gasteiger partial charge on any atom is 0.191 e. The van der Waals surface area contributed by atoms with Gasteiger partial charge in [-0.05, 0) is 18.8 Å². The fourth-order valence-electron chi connectivity index (χ4n) is 2.42. The first kappa shape index (κ1) is 22.2. The average molecular weight is 466 g/mol. The lowest BCUT2D eigenvalue weighted by molar-refractivity contribution is 0.0888. The predicted octanol–water partition coefficient (Wildman–Crippen LogP) is 2.52. The molecular weight excluding hydrogens is 435 g/mol. The van der Waals surface area contributed by atoms with Crippen LogP contribution in [0.15, 0.2) is 15.6 Å². The molecule has 0 amide bonds. The van der Waals surface area contributed by atoms with E-state index < -0.39 is 0 Å². The summed E-state index contributed by atoms with van der Waals surface area (Å²) in [4.78, 5) is 4.20. The van der Waals surface area contributed by atoms with Crippen LogP contribution in [0, 0.1) is 5.92 Å². The van der Waals surface area contributed by atoms with Gasteiger partial charge >= 0.3 is 0 Å². The van der Waals surface area contributed by atoms with Crippen molar-refractivity contribution in [3.63, 3.8) is 0 Å². The molecule has 7 nitrogen and oxygen atoms in total. The maximum absolute atomic E-state index is 5.68. The third-order valence-electron chi connectivity index (χ3n) is 3.96. The number of guanidine groups is 1. The van der Waals surface area contributed by atoms with Gasteiger partial charge in [0.15, 0.2) is 11.7 Å². The molecule has 1 atom stereocenters. The Labute approximate surface area is 167 Å². The minimum Gasteiger partial charge on any atom is -0.381 e. The molecule has 0 spiro atoms. The van der Waals surface area contributed by atoms with Crippen molar-refractivity contribution in [2.45, 2.75) is 39.2 Å². The summed E-state index contributed by atoms with van der Waals surface area (Å²) in [6, 6.07) is 1.98. The first-order valence-electron chi connectivity index (χ1n) is 8.74. The van der Waals surface area contributed by atoms with E-state index in [1.54, 1.807) is 7.05 Å². The van der Waals surface area contributed by atoms with Crippen LogP contribution in [0.3, 0.4) is 0 Å². The van der Waals surface area contributed by atoms with Crippen LogP contribution in [-0.2, 0) is 16.0 Å². The number of nitrogens with one attached hydrogen (secondary N) is 2. The number of ether oxygens (including phenoxy) is 2. The summed E-state index contributed by atoms with van der Waals surface area (Å²) in [5, 5.41) is 10.5. The summed E-state index contributed by atoms with van der Waals surface area (Å²) in [7, 11) is 1.76. The fourth-order valence-corrected chi connectivity index (χ4v) is 2.42. The van der Waals surface area contributed by atoms with Gasteiger partial charge in [-0.15, -0.1) is 24.0 Å². The molecular formula is C17H31IN4O3. The molecule has 0 bridgehead atoms. The minimum absolute atomic E-state index is 0. The van der Waals surface area contributed by atoms with Gasteiger partial charge in [0.25, 0.3) is 0 Å². The second-order valence-corrected chi connectivity index (χ2v) is 6.38. The first-order chi connectivity index (χ1) is 11.7. The van der Waals surface area contributed by atoms with Gasteiger partial charge in [-0.1, -0.05) is 19.0 Å². The van der Waals surface area contributed by atoms with E-state index in [1.807, 2.05) is 6.07 Å². The molecule has 1 unspecified atom stereocenters. The molecule has 0 aromatic carbocycles. The van der Waals surface area contributed by atoms with Crippen molar-refractivity contribution in [3.8, 4) is 0 Å². The Bertz CT molecular complexity index is 502. The zero-order valence-corrected chi connectivity index (χ0v) is 17.7. The number of hydrogen-bond donors (Lipinski definition) is 2. The Balaban J connectivity index is 0.00000312. The van der Waals surface area contributed by atoms with Crippen molar-refractivity contribution in [2.75, 3.05) is 40.0 Å². The highest BCUT2D eigenvalue weighted by atomic mass is 127. The Morgan fingerprint density at radius 1 is 1.44 bits per heavy atom. The Morgan fingerprint density at radius 2 is 2.28 bits per heavy atom. The number of aliphatic imine (C=N–C) groups is 1. The van der Waals surface area contributed by atoms with Gasteiger partial charge in [0.1, 0.15) is 0 Å². The standard InChI is InChI=1S/C17H30N4O3.HI/c1-13(2)16-9-15(24-21-16)10-20-17(18-3)19-6-4-7-22-11-14-5-8-23-12-14;/h9,13-14H,4-8,10-12H2,1-3H3,(H2,18,19,20);1H. The van der Waals surface area contributed by atoms with Gasteiger partial charge in [-0.3, -0.25) is 4.99 Å². The molecule has 1 aromatic heterocycles. The second-order valence-electron chi connectivity index (χ2n) is 6.38. The second kappa shape index (κ2) is 12.5. The van der Waals surface area contributed by atoms with Gasteiger partial charge in [0, 0.05) is 38.8 Å². The molecule has 1 saturated heterocycles. The highest BCUT2D eigenvalue weighted by molar-refractivity contribution is 14.0. The topological polar surface area (TPSA) is 80.9 Å². The summed E-state index contributed by atoms with van der Waals surface area (Å²) < 4.78 is 16.3. The molecule has 25 heavy (non-hydrogen) atoms. The lowest BCUT2D eigenvalue weighted by Crippen LogP contribution is -2.37. The number of halogens is 1. The van der Waals surface area contributed by atoms with Gasteiger partial charge < -0.3 is 24.6 Å². The summed E-state index contributed by atoms with van der Waals surface area (Å²) in [5.41, 5.74) is 0.972. The van der Waals surface area contributed by atoms with Crippen molar-refractivity contribution in [1.82, 2.24) is 15.8 Å². The number of nitrogens with zero attached hydrogens (tertiary/aromatic N) is 2. The van der Waals surface area contributed by atoms with E-state index in [0.29, 0.717) is 18.4 Å². The zero-order chi connectivity index (χ0) is 17.2. The van der Waals surface area contributed by atoms with Crippen LogP contribution >= 0.6 is 24.0 Å². The van der Waals surface area contributed by atoms with Crippen LogP contribution in [0.4, 0.5) is 0 Å². The number of rotatable bonds is 9. The molecule has 0 saturated carbocycles. The van der Waals surface area contributed by atoms with Crippen LogP contribution in [0.25, 0.3) is 0 Å². The van der Waals surface area contributed by atoms with Crippen LogP contribution in [0.5, 0.6) is 0 Å². The summed E-state index contributed by atoms with van der Waals surface area (Å²) >= 11 is 0. The molecule has 1 aromatic rings. The molecule has 0 radical (unpaired) electrons. The molecule has 2 heterocycles. The van der Waals surface area contributed by atoms with E-state index in [-0.39, 0.29) is 24.0 Å². The summed E-state index contributed by atoms with van der Waals surface area (Å²) in [6.07, 6.45) is 2.06.